The number of aryl methyl sites for hydroxylation is 1. The van der Waals surface area contributed by atoms with Gasteiger partial charge in [-0.25, -0.2) is 0 Å². The largest absolute Gasteiger partial charge is 0.497 e. The summed E-state index contributed by atoms with van der Waals surface area (Å²) < 4.78 is 10.8. The fourth-order valence-corrected chi connectivity index (χ4v) is 1.82. The molecule has 0 spiro atoms. The lowest BCUT2D eigenvalue weighted by Gasteiger charge is -2.05. The van der Waals surface area contributed by atoms with Crippen LogP contribution in [0.25, 0.3) is 0 Å². The van der Waals surface area contributed by atoms with Crippen LogP contribution < -0.4 is 10.1 Å². The molecule has 1 heterocycles. The number of hydrogen-bond donors (Lipinski definition) is 1. The Kier molecular flexibility index (Phi) is 4.42. The maximum absolute atomic E-state index is 5.63. The van der Waals surface area contributed by atoms with Crippen molar-refractivity contribution >= 4 is 0 Å². The normalized spacial score (nSPS) is 10.6. The van der Waals surface area contributed by atoms with Gasteiger partial charge in [-0.15, -0.1) is 0 Å². The van der Waals surface area contributed by atoms with Gasteiger partial charge in [-0.1, -0.05) is 19.1 Å². The van der Waals surface area contributed by atoms with E-state index in [1.165, 1.54) is 5.56 Å². The van der Waals surface area contributed by atoms with Gasteiger partial charge in [0.1, 0.15) is 17.3 Å². The number of hydrogen-bond acceptors (Lipinski definition) is 3. The number of rotatable bonds is 6. The lowest BCUT2D eigenvalue weighted by molar-refractivity contribution is 0.413. The molecular weight excluding hydrogens is 226 g/mol. The third-order valence-corrected chi connectivity index (χ3v) is 2.83. The van der Waals surface area contributed by atoms with E-state index >= 15 is 0 Å². The van der Waals surface area contributed by atoms with Crippen LogP contribution in [0, 0.1) is 0 Å². The average Bonchev–Trinajstić information content (AvgIpc) is 2.87. The van der Waals surface area contributed by atoms with Gasteiger partial charge < -0.3 is 14.5 Å². The second-order valence-corrected chi connectivity index (χ2v) is 4.18. The highest BCUT2D eigenvalue weighted by Crippen LogP contribution is 2.13. The molecule has 0 aliphatic rings. The fraction of sp³-hybridized carbons (Fsp3) is 0.333. The smallest absolute Gasteiger partial charge is 0.119 e. The van der Waals surface area contributed by atoms with Gasteiger partial charge in [-0.05, 0) is 29.8 Å². The third-order valence-electron chi connectivity index (χ3n) is 2.83. The van der Waals surface area contributed by atoms with Crippen LogP contribution in [0.1, 0.15) is 24.0 Å². The lowest BCUT2D eigenvalue weighted by Crippen LogP contribution is -2.12. The van der Waals surface area contributed by atoms with Gasteiger partial charge in [0.25, 0.3) is 0 Å². The Morgan fingerprint density at radius 1 is 1.11 bits per heavy atom. The molecule has 3 nitrogen and oxygen atoms in total. The maximum atomic E-state index is 5.63. The minimum atomic E-state index is 0.747. The van der Waals surface area contributed by atoms with Gasteiger partial charge in [0, 0.05) is 13.0 Å². The van der Waals surface area contributed by atoms with E-state index in [1.54, 1.807) is 7.11 Å². The molecule has 0 saturated carbocycles. The standard InChI is InChI=1S/C15H19NO2/c1-3-13-7-8-15(18-13)11-16-10-12-5-4-6-14(9-12)17-2/h4-9,16H,3,10-11H2,1-2H3. The lowest BCUT2D eigenvalue weighted by atomic mass is 10.2. The minimum Gasteiger partial charge on any atom is -0.497 e. The molecule has 1 N–H and O–H groups in total. The first kappa shape index (κ1) is 12.7. The van der Waals surface area contributed by atoms with Crippen LogP contribution in [-0.4, -0.2) is 7.11 Å². The van der Waals surface area contributed by atoms with Crippen LogP contribution >= 0.6 is 0 Å². The predicted molar refractivity (Wildman–Crippen MR) is 71.6 cm³/mol. The Morgan fingerprint density at radius 2 is 1.94 bits per heavy atom. The zero-order valence-corrected chi connectivity index (χ0v) is 10.9. The van der Waals surface area contributed by atoms with Crippen molar-refractivity contribution in [3.63, 3.8) is 0 Å². The molecular formula is C15H19NO2. The van der Waals surface area contributed by atoms with Crippen molar-refractivity contribution in [2.24, 2.45) is 0 Å². The molecule has 18 heavy (non-hydrogen) atoms. The van der Waals surface area contributed by atoms with Gasteiger partial charge in [0.15, 0.2) is 0 Å². The van der Waals surface area contributed by atoms with Crippen molar-refractivity contribution < 1.29 is 9.15 Å². The van der Waals surface area contributed by atoms with E-state index in [1.807, 2.05) is 30.3 Å². The molecule has 3 heteroatoms. The van der Waals surface area contributed by atoms with Crippen molar-refractivity contribution in [1.29, 1.82) is 0 Å². The molecule has 1 aromatic carbocycles. The minimum absolute atomic E-state index is 0.747. The van der Waals surface area contributed by atoms with Crippen molar-refractivity contribution in [2.75, 3.05) is 7.11 Å². The number of furan rings is 1. The monoisotopic (exact) mass is 245 g/mol. The molecule has 0 saturated heterocycles. The predicted octanol–water partition coefficient (Wildman–Crippen LogP) is 3.14. The summed E-state index contributed by atoms with van der Waals surface area (Å²) in [7, 11) is 1.68. The molecule has 0 bridgehead atoms. The van der Waals surface area contributed by atoms with Crippen molar-refractivity contribution in [3.05, 3.63) is 53.5 Å². The Bertz CT molecular complexity index is 491. The average molecular weight is 245 g/mol. The number of nitrogens with one attached hydrogen (secondary N) is 1. The van der Waals surface area contributed by atoms with Crippen LogP contribution in [0.5, 0.6) is 5.75 Å². The highest BCUT2D eigenvalue weighted by Gasteiger charge is 2.00. The van der Waals surface area contributed by atoms with Crippen LogP contribution in [-0.2, 0) is 19.5 Å². The molecule has 0 atom stereocenters. The summed E-state index contributed by atoms with van der Waals surface area (Å²) in [5.41, 5.74) is 1.21. The highest BCUT2D eigenvalue weighted by atomic mass is 16.5. The van der Waals surface area contributed by atoms with Gasteiger partial charge in [-0.3, -0.25) is 0 Å². The van der Waals surface area contributed by atoms with Crippen molar-refractivity contribution in [2.45, 2.75) is 26.4 Å². The van der Waals surface area contributed by atoms with Gasteiger partial charge >= 0.3 is 0 Å². The summed E-state index contributed by atoms with van der Waals surface area (Å²) in [6.07, 6.45) is 0.940. The van der Waals surface area contributed by atoms with Crippen molar-refractivity contribution in [1.82, 2.24) is 5.32 Å². The van der Waals surface area contributed by atoms with E-state index in [0.29, 0.717) is 0 Å². The van der Waals surface area contributed by atoms with Crippen LogP contribution in [0.3, 0.4) is 0 Å². The first-order valence-corrected chi connectivity index (χ1v) is 6.23. The quantitative estimate of drug-likeness (QED) is 0.849. The highest BCUT2D eigenvalue weighted by molar-refractivity contribution is 5.28. The second-order valence-electron chi connectivity index (χ2n) is 4.18. The zero-order chi connectivity index (χ0) is 12.8. The van der Waals surface area contributed by atoms with E-state index in [4.69, 9.17) is 9.15 Å². The summed E-state index contributed by atoms with van der Waals surface area (Å²) >= 11 is 0. The first-order valence-electron chi connectivity index (χ1n) is 6.23. The molecule has 1 aromatic heterocycles. The molecule has 0 aliphatic heterocycles. The van der Waals surface area contributed by atoms with Gasteiger partial charge in [0.05, 0.1) is 13.7 Å². The summed E-state index contributed by atoms with van der Waals surface area (Å²) in [5, 5.41) is 3.36. The Balaban J connectivity index is 1.84. The van der Waals surface area contributed by atoms with E-state index in [-0.39, 0.29) is 0 Å². The SMILES string of the molecule is CCc1ccc(CNCc2cccc(OC)c2)o1. The first-order chi connectivity index (χ1) is 8.81. The topological polar surface area (TPSA) is 34.4 Å². The summed E-state index contributed by atoms with van der Waals surface area (Å²) in [6.45, 7) is 3.64. The molecule has 0 aliphatic carbocycles. The summed E-state index contributed by atoms with van der Waals surface area (Å²) in [5.74, 6) is 2.91. The van der Waals surface area contributed by atoms with Gasteiger partial charge in [0.2, 0.25) is 0 Å². The van der Waals surface area contributed by atoms with E-state index in [0.717, 1.165) is 36.8 Å². The molecule has 0 unspecified atom stereocenters. The van der Waals surface area contributed by atoms with Crippen molar-refractivity contribution in [3.8, 4) is 5.75 Å². The molecule has 2 aromatic rings. The summed E-state index contributed by atoms with van der Waals surface area (Å²) in [4.78, 5) is 0. The zero-order valence-electron chi connectivity index (χ0n) is 10.9. The Labute approximate surface area is 108 Å². The fourth-order valence-electron chi connectivity index (χ4n) is 1.82. The van der Waals surface area contributed by atoms with Gasteiger partial charge in [-0.2, -0.15) is 0 Å². The number of ether oxygens (including phenoxy) is 1. The van der Waals surface area contributed by atoms with E-state index in [9.17, 15) is 0 Å². The van der Waals surface area contributed by atoms with Crippen LogP contribution in [0.4, 0.5) is 0 Å². The molecule has 2 rings (SSSR count). The second kappa shape index (κ2) is 6.26. The molecule has 0 radical (unpaired) electrons. The van der Waals surface area contributed by atoms with Crippen LogP contribution in [0.15, 0.2) is 40.8 Å². The molecule has 0 fully saturated rings. The number of benzene rings is 1. The maximum Gasteiger partial charge on any atom is 0.119 e. The molecule has 0 amide bonds. The van der Waals surface area contributed by atoms with E-state index < -0.39 is 0 Å². The Morgan fingerprint density at radius 3 is 2.67 bits per heavy atom. The third kappa shape index (κ3) is 3.37. The van der Waals surface area contributed by atoms with Crippen LogP contribution in [0.2, 0.25) is 0 Å². The Hall–Kier alpha value is -1.74. The molecule has 96 valence electrons. The number of methoxy groups -OCH3 is 1. The summed E-state index contributed by atoms with van der Waals surface area (Å²) in [6, 6.07) is 12.1. The van der Waals surface area contributed by atoms with E-state index in [2.05, 4.69) is 18.3 Å².